The van der Waals surface area contributed by atoms with Gasteiger partial charge in [-0.15, -0.1) is 0 Å². The molecule has 1 atom stereocenters. The fourth-order valence-electron chi connectivity index (χ4n) is 1.39. The Hall–Kier alpha value is -1.14. The smallest absolute Gasteiger partial charge is 0.320 e. The highest BCUT2D eigenvalue weighted by Gasteiger charge is 2.15. The van der Waals surface area contributed by atoms with Crippen molar-refractivity contribution in [1.82, 2.24) is 15.3 Å². The number of nitrogens with one attached hydrogen (secondary N) is 1. The third-order valence-corrected chi connectivity index (χ3v) is 3.24. The van der Waals surface area contributed by atoms with Crippen molar-refractivity contribution >= 4 is 17.7 Å². The largest absolute Gasteiger partial charge is 0.480 e. The third kappa shape index (κ3) is 5.46. The van der Waals surface area contributed by atoms with E-state index < -0.39 is 12.0 Å². The summed E-state index contributed by atoms with van der Waals surface area (Å²) >= 11 is 1.49. The van der Waals surface area contributed by atoms with Gasteiger partial charge >= 0.3 is 5.97 Å². The predicted octanol–water partition coefficient (Wildman–Crippen LogP) is 1.72. The van der Waals surface area contributed by atoms with Gasteiger partial charge < -0.3 is 10.4 Å². The first-order valence-electron chi connectivity index (χ1n) is 6.02. The van der Waals surface area contributed by atoms with Gasteiger partial charge in [0, 0.05) is 17.6 Å². The Morgan fingerprint density at radius 3 is 3.00 bits per heavy atom. The molecular formula is C12H19N3O2S. The molecule has 0 aliphatic rings. The lowest BCUT2D eigenvalue weighted by atomic mass is 10.2. The van der Waals surface area contributed by atoms with E-state index >= 15 is 0 Å². The molecule has 1 aromatic heterocycles. The average Bonchev–Trinajstić information content (AvgIpc) is 2.33. The zero-order chi connectivity index (χ0) is 13.4. The van der Waals surface area contributed by atoms with Crippen LogP contribution in [0.3, 0.4) is 0 Å². The molecule has 0 radical (unpaired) electrons. The van der Waals surface area contributed by atoms with Crippen molar-refractivity contribution < 1.29 is 9.90 Å². The summed E-state index contributed by atoms with van der Waals surface area (Å²) in [4.78, 5) is 19.4. The molecule has 1 aromatic rings. The molecule has 0 aromatic carbocycles. The van der Waals surface area contributed by atoms with E-state index in [0.29, 0.717) is 17.3 Å². The number of carboxylic acid groups (broad SMARTS) is 1. The van der Waals surface area contributed by atoms with Crippen LogP contribution in [0.4, 0.5) is 0 Å². The summed E-state index contributed by atoms with van der Waals surface area (Å²) in [5, 5.41) is 12.8. The highest BCUT2D eigenvalue weighted by atomic mass is 32.2. The topological polar surface area (TPSA) is 75.1 Å². The second-order valence-corrected chi connectivity index (χ2v) is 5.02. The van der Waals surface area contributed by atoms with E-state index in [9.17, 15) is 4.79 Å². The van der Waals surface area contributed by atoms with Gasteiger partial charge in [0.25, 0.3) is 0 Å². The number of hydrogen-bond donors (Lipinski definition) is 2. The molecule has 0 bridgehead atoms. The summed E-state index contributed by atoms with van der Waals surface area (Å²) in [5.74, 6) is -0.105. The third-order valence-electron chi connectivity index (χ3n) is 2.35. The van der Waals surface area contributed by atoms with Crippen LogP contribution in [0.5, 0.6) is 0 Å². The fraction of sp³-hybridized carbons (Fsp3) is 0.583. The number of carboxylic acids is 1. The predicted molar refractivity (Wildman–Crippen MR) is 71.8 cm³/mol. The fourth-order valence-corrected chi connectivity index (χ4v) is 2.27. The van der Waals surface area contributed by atoms with Gasteiger partial charge in [0.15, 0.2) is 5.16 Å². The monoisotopic (exact) mass is 269 g/mol. The summed E-state index contributed by atoms with van der Waals surface area (Å²) < 4.78 is 0. The normalized spacial score (nSPS) is 12.3. The zero-order valence-electron chi connectivity index (χ0n) is 10.7. The molecule has 0 aliphatic heterocycles. The Morgan fingerprint density at radius 2 is 2.39 bits per heavy atom. The number of aromatic nitrogens is 2. The van der Waals surface area contributed by atoms with Crippen molar-refractivity contribution in [2.24, 2.45) is 0 Å². The molecule has 1 heterocycles. The summed E-state index contributed by atoms with van der Waals surface area (Å²) in [5.41, 5.74) is 0.923. The van der Waals surface area contributed by atoms with Crippen molar-refractivity contribution in [3.8, 4) is 0 Å². The van der Waals surface area contributed by atoms with Gasteiger partial charge in [0.1, 0.15) is 6.04 Å². The van der Waals surface area contributed by atoms with Crippen LogP contribution in [0.1, 0.15) is 25.5 Å². The number of hydrogen-bond acceptors (Lipinski definition) is 5. The Balaban J connectivity index is 2.36. The van der Waals surface area contributed by atoms with E-state index in [4.69, 9.17) is 5.11 Å². The number of rotatable bonds is 8. The molecule has 100 valence electrons. The van der Waals surface area contributed by atoms with Crippen molar-refractivity contribution in [3.05, 3.63) is 18.0 Å². The lowest BCUT2D eigenvalue weighted by Gasteiger charge is -2.12. The number of aliphatic carboxylic acids is 1. The van der Waals surface area contributed by atoms with E-state index in [1.54, 1.807) is 6.20 Å². The maximum Gasteiger partial charge on any atom is 0.320 e. The first-order valence-corrected chi connectivity index (χ1v) is 7.00. The molecule has 0 aliphatic carbocycles. The SMILES string of the molecule is CCCNC(CCSc1nccc(C)n1)C(=O)O. The molecule has 0 saturated carbocycles. The minimum atomic E-state index is -0.797. The van der Waals surface area contributed by atoms with Crippen molar-refractivity contribution in [2.75, 3.05) is 12.3 Å². The van der Waals surface area contributed by atoms with E-state index in [1.807, 2.05) is 19.9 Å². The first-order chi connectivity index (χ1) is 8.63. The van der Waals surface area contributed by atoms with Gasteiger partial charge in [-0.05, 0) is 32.4 Å². The highest BCUT2D eigenvalue weighted by Crippen LogP contribution is 2.14. The second-order valence-electron chi connectivity index (χ2n) is 3.96. The number of nitrogens with zero attached hydrogens (tertiary/aromatic N) is 2. The Kier molecular flexibility index (Phi) is 6.67. The van der Waals surface area contributed by atoms with Gasteiger partial charge in [-0.3, -0.25) is 4.79 Å². The standard InChI is InChI=1S/C12H19N3O2S/c1-3-6-13-10(11(16)17)5-8-18-12-14-7-4-9(2)15-12/h4,7,10,13H,3,5-6,8H2,1-2H3,(H,16,17). The average molecular weight is 269 g/mol. The number of thioether (sulfide) groups is 1. The molecule has 18 heavy (non-hydrogen) atoms. The van der Waals surface area contributed by atoms with Crippen LogP contribution in [-0.2, 0) is 4.79 Å². The summed E-state index contributed by atoms with van der Waals surface area (Å²) in [7, 11) is 0. The molecule has 0 amide bonds. The van der Waals surface area contributed by atoms with E-state index in [-0.39, 0.29) is 0 Å². The van der Waals surface area contributed by atoms with Crippen LogP contribution in [0.25, 0.3) is 0 Å². The van der Waals surface area contributed by atoms with E-state index in [1.165, 1.54) is 11.8 Å². The quantitative estimate of drug-likeness (QED) is 0.553. The van der Waals surface area contributed by atoms with Crippen molar-refractivity contribution in [1.29, 1.82) is 0 Å². The van der Waals surface area contributed by atoms with Crippen molar-refractivity contribution in [2.45, 2.75) is 37.9 Å². The van der Waals surface area contributed by atoms with E-state index in [2.05, 4.69) is 15.3 Å². The molecule has 5 nitrogen and oxygen atoms in total. The Bertz CT molecular complexity index is 387. The van der Waals surface area contributed by atoms with Gasteiger partial charge in [-0.25, -0.2) is 9.97 Å². The summed E-state index contributed by atoms with van der Waals surface area (Å²) in [6.07, 6.45) is 3.21. The molecule has 1 rings (SSSR count). The zero-order valence-corrected chi connectivity index (χ0v) is 11.5. The molecule has 2 N–H and O–H groups in total. The molecule has 0 spiro atoms. The Labute approximate surface area is 111 Å². The summed E-state index contributed by atoms with van der Waals surface area (Å²) in [6, 6.07) is 1.36. The van der Waals surface area contributed by atoms with Crippen molar-refractivity contribution in [3.63, 3.8) is 0 Å². The molecule has 0 fully saturated rings. The number of carbonyl (C=O) groups is 1. The lowest BCUT2D eigenvalue weighted by Crippen LogP contribution is -2.37. The minimum absolute atomic E-state index is 0.484. The van der Waals surface area contributed by atoms with Gasteiger partial charge in [-0.2, -0.15) is 0 Å². The van der Waals surface area contributed by atoms with Crippen LogP contribution in [0, 0.1) is 6.92 Å². The lowest BCUT2D eigenvalue weighted by molar-refractivity contribution is -0.139. The molecular weight excluding hydrogens is 250 g/mol. The van der Waals surface area contributed by atoms with Crippen LogP contribution in [0.2, 0.25) is 0 Å². The molecule has 6 heteroatoms. The minimum Gasteiger partial charge on any atom is -0.480 e. The first kappa shape index (κ1) is 14.9. The maximum atomic E-state index is 11.0. The van der Waals surface area contributed by atoms with E-state index in [0.717, 1.165) is 18.7 Å². The second kappa shape index (κ2) is 8.05. The van der Waals surface area contributed by atoms with Crippen LogP contribution in [-0.4, -0.2) is 39.4 Å². The Morgan fingerprint density at radius 1 is 1.61 bits per heavy atom. The maximum absolute atomic E-state index is 11.0. The van der Waals surface area contributed by atoms with Crippen LogP contribution >= 0.6 is 11.8 Å². The van der Waals surface area contributed by atoms with Crippen LogP contribution in [0.15, 0.2) is 17.4 Å². The molecule has 0 saturated heterocycles. The summed E-state index contributed by atoms with van der Waals surface area (Å²) in [6.45, 7) is 4.65. The van der Waals surface area contributed by atoms with Gasteiger partial charge in [0.2, 0.25) is 0 Å². The highest BCUT2D eigenvalue weighted by molar-refractivity contribution is 7.99. The van der Waals surface area contributed by atoms with Gasteiger partial charge in [0.05, 0.1) is 0 Å². The van der Waals surface area contributed by atoms with Gasteiger partial charge in [-0.1, -0.05) is 18.7 Å². The van der Waals surface area contributed by atoms with Crippen LogP contribution < -0.4 is 5.32 Å². The number of aryl methyl sites for hydroxylation is 1. The molecule has 1 unspecified atom stereocenters.